The Morgan fingerprint density at radius 2 is 1.81 bits per heavy atom. The Hall–Kier alpha value is -1.51. The van der Waals surface area contributed by atoms with Gasteiger partial charge in [0.1, 0.15) is 5.75 Å². The molecule has 1 aromatic rings. The molecular weight excluding hydrogens is 204 g/mol. The van der Waals surface area contributed by atoms with Crippen molar-refractivity contribution in [3.05, 3.63) is 30.3 Å². The first kappa shape index (κ1) is 12.6. The van der Waals surface area contributed by atoms with Gasteiger partial charge in [0.05, 0.1) is 6.61 Å². The monoisotopic (exact) mass is 222 g/mol. The molecule has 1 rings (SSSR count). The van der Waals surface area contributed by atoms with Crippen molar-refractivity contribution >= 4 is 5.97 Å². The van der Waals surface area contributed by atoms with Gasteiger partial charge in [-0.15, -0.1) is 0 Å². The second kappa shape index (κ2) is 5.54. The molecule has 0 saturated carbocycles. The SMILES string of the molecule is CC(C)(C)COC(=O)COc1ccccc1. The van der Waals surface area contributed by atoms with Crippen LogP contribution in [0.5, 0.6) is 5.75 Å². The quantitative estimate of drug-likeness (QED) is 0.735. The molecule has 3 heteroatoms. The molecule has 3 nitrogen and oxygen atoms in total. The zero-order valence-electron chi connectivity index (χ0n) is 10.0. The molecule has 0 amide bonds. The average Bonchev–Trinajstić information content (AvgIpc) is 2.24. The molecular formula is C13H18O3. The van der Waals surface area contributed by atoms with Crippen LogP contribution in [0.4, 0.5) is 0 Å². The zero-order chi connectivity index (χ0) is 12.0. The Morgan fingerprint density at radius 3 is 2.38 bits per heavy atom. The van der Waals surface area contributed by atoms with Gasteiger partial charge in [0.2, 0.25) is 0 Å². The molecule has 0 aliphatic rings. The molecule has 0 aromatic heterocycles. The highest BCUT2D eigenvalue weighted by Crippen LogP contribution is 2.13. The van der Waals surface area contributed by atoms with Crippen LogP contribution in [-0.2, 0) is 9.53 Å². The lowest BCUT2D eigenvalue weighted by molar-refractivity contribution is -0.148. The van der Waals surface area contributed by atoms with Crippen LogP contribution in [0.1, 0.15) is 20.8 Å². The highest BCUT2D eigenvalue weighted by atomic mass is 16.6. The van der Waals surface area contributed by atoms with Gasteiger partial charge in [-0.3, -0.25) is 0 Å². The van der Waals surface area contributed by atoms with E-state index in [4.69, 9.17) is 9.47 Å². The van der Waals surface area contributed by atoms with E-state index in [1.807, 2.05) is 39.0 Å². The number of carbonyl (C=O) groups excluding carboxylic acids is 1. The summed E-state index contributed by atoms with van der Waals surface area (Å²) in [5.41, 5.74) is -0.0115. The standard InChI is InChI=1S/C13H18O3/c1-13(2,3)10-16-12(14)9-15-11-7-5-4-6-8-11/h4-8H,9-10H2,1-3H3. The third kappa shape index (κ3) is 5.39. The average molecular weight is 222 g/mol. The molecule has 0 aliphatic heterocycles. The highest BCUT2D eigenvalue weighted by Gasteiger charge is 2.13. The van der Waals surface area contributed by atoms with Crippen molar-refractivity contribution in [2.45, 2.75) is 20.8 Å². The Bertz CT molecular complexity index is 325. The number of carbonyl (C=O) groups is 1. The topological polar surface area (TPSA) is 35.5 Å². The van der Waals surface area contributed by atoms with Crippen molar-refractivity contribution in [2.75, 3.05) is 13.2 Å². The summed E-state index contributed by atoms with van der Waals surface area (Å²) in [6.07, 6.45) is 0. The summed E-state index contributed by atoms with van der Waals surface area (Å²) >= 11 is 0. The second-order valence-electron chi connectivity index (χ2n) is 4.82. The fraction of sp³-hybridized carbons (Fsp3) is 0.462. The largest absolute Gasteiger partial charge is 0.482 e. The van der Waals surface area contributed by atoms with Crippen LogP contribution >= 0.6 is 0 Å². The van der Waals surface area contributed by atoms with Crippen molar-refractivity contribution in [1.82, 2.24) is 0 Å². The maximum atomic E-state index is 11.3. The first-order chi connectivity index (χ1) is 7.47. The van der Waals surface area contributed by atoms with Crippen molar-refractivity contribution < 1.29 is 14.3 Å². The Kier molecular flexibility index (Phi) is 4.35. The number of para-hydroxylation sites is 1. The van der Waals surface area contributed by atoms with Crippen LogP contribution in [0.25, 0.3) is 0 Å². The summed E-state index contributed by atoms with van der Waals surface area (Å²) in [7, 11) is 0. The Balaban J connectivity index is 2.26. The fourth-order valence-corrected chi connectivity index (χ4v) is 0.998. The van der Waals surface area contributed by atoms with E-state index in [2.05, 4.69) is 0 Å². The molecule has 0 radical (unpaired) electrons. The van der Waals surface area contributed by atoms with E-state index in [9.17, 15) is 4.79 Å². The van der Waals surface area contributed by atoms with E-state index in [1.165, 1.54) is 0 Å². The van der Waals surface area contributed by atoms with Gasteiger partial charge in [0.15, 0.2) is 6.61 Å². The third-order valence-corrected chi connectivity index (χ3v) is 1.77. The lowest BCUT2D eigenvalue weighted by Gasteiger charge is -2.17. The van der Waals surface area contributed by atoms with Crippen molar-refractivity contribution in [3.8, 4) is 5.75 Å². The third-order valence-electron chi connectivity index (χ3n) is 1.77. The van der Waals surface area contributed by atoms with Crippen molar-refractivity contribution in [3.63, 3.8) is 0 Å². The van der Waals surface area contributed by atoms with Gasteiger partial charge in [-0.2, -0.15) is 0 Å². The maximum absolute atomic E-state index is 11.3. The molecule has 0 aliphatic carbocycles. The first-order valence-electron chi connectivity index (χ1n) is 5.31. The molecule has 0 unspecified atom stereocenters. The van der Waals surface area contributed by atoms with Crippen molar-refractivity contribution in [2.24, 2.45) is 5.41 Å². The summed E-state index contributed by atoms with van der Waals surface area (Å²) in [5, 5.41) is 0. The number of hydrogen-bond acceptors (Lipinski definition) is 3. The van der Waals surface area contributed by atoms with Gasteiger partial charge in [-0.25, -0.2) is 4.79 Å². The van der Waals surface area contributed by atoms with Crippen LogP contribution in [0.15, 0.2) is 30.3 Å². The van der Waals surface area contributed by atoms with Gasteiger partial charge in [-0.05, 0) is 17.5 Å². The lowest BCUT2D eigenvalue weighted by atomic mass is 9.99. The minimum atomic E-state index is -0.334. The summed E-state index contributed by atoms with van der Waals surface area (Å²) in [4.78, 5) is 11.3. The molecule has 0 saturated heterocycles. The van der Waals surface area contributed by atoms with Gasteiger partial charge < -0.3 is 9.47 Å². The number of esters is 1. The van der Waals surface area contributed by atoms with E-state index in [0.717, 1.165) is 0 Å². The second-order valence-corrected chi connectivity index (χ2v) is 4.82. The summed E-state index contributed by atoms with van der Waals surface area (Å²) in [5.74, 6) is 0.342. The molecule has 16 heavy (non-hydrogen) atoms. The summed E-state index contributed by atoms with van der Waals surface area (Å²) < 4.78 is 10.3. The first-order valence-corrected chi connectivity index (χ1v) is 5.31. The molecule has 0 fully saturated rings. The molecule has 0 spiro atoms. The maximum Gasteiger partial charge on any atom is 0.344 e. The van der Waals surface area contributed by atoms with E-state index in [0.29, 0.717) is 12.4 Å². The Morgan fingerprint density at radius 1 is 1.19 bits per heavy atom. The van der Waals surface area contributed by atoms with Gasteiger partial charge >= 0.3 is 5.97 Å². The van der Waals surface area contributed by atoms with Crippen LogP contribution in [0.3, 0.4) is 0 Å². The number of hydrogen-bond donors (Lipinski definition) is 0. The number of benzene rings is 1. The number of rotatable bonds is 4. The molecule has 1 aromatic carbocycles. The molecule has 0 N–H and O–H groups in total. The van der Waals surface area contributed by atoms with Gasteiger partial charge in [0, 0.05) is 0 Å². The predicted molar refractivity (Wildman–Crippen MR) is 62.4 cm³/mol. The molecule has 0 atom stereocenters. The van der Waals surface area contributed by atoms with Gasteiger partial charge in [0.25, 0.3) is 0 Å². The fourth-order valence-electron chi connectivity index (χ4n) is 0.998. The summed E-state index contributed by atoms with van der Waals surface area (Å²) in [6.45, 7) is 6.40. The van der Waals surface area contributed by atoms with E-state index < -0.39 is 0 Å². The molecule has 0 bridgehead atoms. The smallest absolute Gasteiger partial charge is 0.344 e. The van der Waals surface area contributed by atoms with Crippen LogP contribution < -0.4 is 4.74 Å². The van der Waals surface area contributed by atoms with Crippen LogP contribution in [0, 0.1) is 5.41 Å². The van der Waals surface area contributed by atoms with Crippen molar-refractivity contribution in [1.29, 1.82) is 0 Å². The normalized spacial score (nSPS) is 10.9. The molecule has 0 heterocycles. The lowest BCUT2D eigenvalue weighted by Crippen LogP contribution is -2.22. The Labute approximate surface area is 96.4 Å². The van der Waals surface area contributed by atoms with E-state index in [1.54, 1.807) is 12.1 Å². The summed E-state index contributed by atoms with van der Waals surface area (Å²) in [6, 6.07) is 9.21. The highest BCUT2D eigenvalue weighted by molar-refractivity contribution is 5.71. The minimum absolute atomic E-state index is 0.0115. The van der Waals surface area contributed by atoms with E-state index >= 15 is 0 Å². The van der Waals surface area contributed by atoms with Crippen LogP contribution in [-0.4, -0.2) is 19.2 Å². The molecule has 88 valence electrons. The minimum Gasteiger partial charge on any atom is -0.482 e. The van der Waals surface area contributed by atoms with E-state index in [-0.39, 0.29) is 18.0 Å². The number of ether oxygens (including phenoxy) is 2. The van der Waals surface area contributed by atoms with Crippen LogP contribution in [0.2, 0.25) is 0 Å². The zero-order valence-corrected chi connectivity index (χ0v) is 10.0. The van der Waals surface area contributed by atoms with Gasteiger partial charge in [-0.1, -0.05) is 39.0 Å². The predicted octanol–water partition coefficient (Wildman–Crippen LogP) is 2.65.